The number of azo groups is 1. The number of terminal acetylenes is 1. The molecule has 5 aromatic rings. The maximum Gasteiger partial charge on any atom is 0.0857 e. The van der Waals surface area contributed by atoms with Crippen LogP contribution in [0.15, 0.2) is 149 Å². The Balaban J connectivity index is 0.000000239. The average molecular weight is 625 g/mol. The standard InChI is InChI=1S/C18H25N.C12H10N2.C7H7N.C6H10/c1-17(2,3)14-12-16(18(4,5)6)19(13-14)15-10-8-7-9-11-15;1-3-7-11(8-4-1)13-14-12-9-5-2-6-10-12;1-8-7-5-3-2-4-6-7;1-5-6(2,3)4/h7-13H,1-6H3;1-10H;2-6H,1H2;1H,2-4H3. The van der Waals surface area contributed by atoms with E-state index in [4.69, 9.17) is 6.42 Å². The molecule has 0 unspecified atom stereocenters. The summed E-state index contributed by atoms with van der Waals surface area (Å²) in [6, 6.07) is 42.0. The van der Waals surface area contributed by atoms with Crippen molar-refractivity contribution in [3.63, 3.8) is 0 Å². The molecule has 0 bridgehead atoms. The van der Waals surface area contributed by atoms with Crippen molar-refractivity contribution < 1.29 is 0 Å². The number of para-hydroxylation sites is 2. The Hall–Kier alpha value is -5.01. The zero-order chi connectivity index (χ0) is 34.9. The van der Waals surface area contributed by atoms with Crippen LogP contribution >= 0.6 is 0 Å². The molecule has 0 spiro atoms. The Kier molecular flexibility index (Phi) is 14.8. The number of hydrogen-bond acceptors (Lipinski definition) is 3. The number of nitrogens with zero attached hydrogens (tertiary/aromatic N) is 4. The summed E-state index contributed by atoms with van der Waals surface area (Å²) in [4.78, 5) is 3.72. The van der Waals surface area contributed by atoms with Crippen LogP contribution in [0.25, 0.3) is 5.69 Å². The van der Waals surface area contributed by atoms with Gasteiger partial charge in [0.1, 0.15) is 0 Å². The molecule has 0 aliphatic rings. The number of aliphatic imine (C=N–C) groups is 1. The Labute approximate surface area is 284 Å². The molecule has 0 N–H and O–H groups in total. The fourth-order valence-electron chi connectivity index (χ4n) is 3.89. The topological polar surface area (TPSA) is 42.0 Å². The molecule has 4 aromatic carbocycles. The zero-order valence-corrected chi connectivity index (χ0v) is 29.8. The third-order valence-electron chi connectivity index (χ3n) is 6.65. The molecule has 4 heteroatoms. The molecule has 0 saturated heterocycles. The predicted octanol–water partition coefficient (Wildman–Crippen LogP) is 12.9. The Bertz CT molecular complexity index is 1610. The fraction of sp³-hybridized carbons (Fsp3) is 0.279. The second-order valence-corrected chi connectivity index (χ2v) is 14.1. The summed E-state index contributed by atoms with van der Waals surface area (Å²) in [5.74, 6) is 2.60. The van der Waals surface area contributed by atoms with Crippen molar-refractivity contribution in [2.75, 3.05) is 0 Å². The Morgan fingerprint density at radius 1 is 0.553 bits per heavy atom. The van der Waals surface area contributed by atoms with E-state index >= 15 is 0 Å². The van der Waals surface area contributed by atoms with Gasteiger partial charge in [-0.25, -0.2) is 0 Å². The van der Waals surface area contributed by atoms with E-state index in [0.717, 1.165) is 17.1 Å². The highest BCUT2D eigenvalue weighted by molar-refractivity contribution is 5.44. The number of aromatic nitrogens is 1. The van der Waals surface area contributed by atoms with Gasteiger partial charge in [-0.05, 0) is 93.1 Å². The summed E-state index contributed by atoms with van der Waals surface area (Å²) < 4.78 is 2.33. The van der Waals surface area contributed by atoms with E-state index in [-0.39, 0.29) is 16.2 Å². The van der Waals surface area contributed by atoms with Crippen molar-refractivity contribution in [2.45, 2.75) is 73.1 Å². The molecule has 0 atom stereocenters. The van der Waals surface area contributed by atoms with Crippen molar-refractivity contribution in [3.8, 4) is 18.0 Å². The van der Waals surface area contributed by atoms with Crippen LogP contribution in [-0.4, -0.2) is 11.3 Å². The Morgan fingerprint density at radius 3 is 1.21 bits per heavy atom. The van der Waals surface area contributed by atoms with E-state index in [1.54, 1.807) is 0 Å². The molecule has 0 aliphatic heterocycles. The first kappa shape index (κ1) is 38.2. The lowest BCUT2D eigenvalue weighted by Crippen LogP contribution is -2.16. The second kappa shape index (κ2) is 18.2. The van der Waals surface area contributed by atoms with Gasteiger partial charge in [-0.2, -0.15) is 10.2 Å². The quantitative estimate of drug-likeness (QED) is 0.108. The van der Waals surface area contributed by atoms with Gasteiger partial charge in [-0.3, -0.25) is 4.99 Å². The molecular formula is C43H52N4. The summed E-state index contributed by atoms with van der Waals surface area (Å²) >= 11 is 0. The van der Waals surface area contributed by atoms with Gasteiger partial charge in [-0.15, -0.1) is 12.3 Å². The maximum absolute atomic E-state index is 5.06. The minimum Gasteiger partial charge on any atom is -0.320 e. The minimum atomic E-state index is 0.0694. The van der Waals surface area contributed by atoms with Gasteiger partial charge in [0.25, 0.3) is 0 Å². The summed E-state index contributed by atoms with van der Waals surface area (Å²) in [7, 11) is 0. The van der Waals surface area contributed by atoms with Crippen LogP contribution in [0.4, 0.5) is 17.1 Å². The van der Waals surface area contributed by atoms with Crippen molar-refractivity contribution in [1.29, 1.82) is 0 Å². The monoisotopic (exact) mass is 624 g/mol. The molecule has 0 aliphatic carbocycles. The number of hydrogen-bond donors (Lipinski definition) is 0. The average Bonchev–Trinajstić information content (AvgIpc) is 3.54. The summed E-state index contributed by atoms with van der Waals surface area (Å²) in [5.41, 5.74) is 7.05. The SMILES string of the molecule is C#CC(C)(C)C.C=Nc1ccccc1.CC(C)(C)c1cc(C(C)(C)C)n(-c2ccccc2)c1.c1ccc(N=Nc2ccccc2)cc1. The van der Waals surface area contributed by atoms with Crippen LogP contribution in [0, 0.1) is 17.8 Å². The maximum atomic E-state index is 5.06. The minimum absolute atomic E-state index is 0.0694. The lowest BCUT2D eigenvalue weighted by Gasteiger charge is -2.21. The van der Waals surface area contributed by atoms with Crippen LogP contribution in [0.5, 0.6) is 0 Å². The molecule has 4 nitrogen and oxygen atoms in total. The van der Waals surface area contributed by atoms with Crippen LogP contribution in [0.2, 0.25) is 0 Å². The van der Waals surface area contributed by atoms with Gasteiger partial charge in [-0.1, -0.05) is 114 Å². The van der Waals surface area contributed by atoms with E-state index in [1.807, 2.05) is 112 Å². The third-order valence-corrected chi connectivity index (χ3v) is 6.65. The van der Waals surface area contributed by atoms with Gasteiger partial charge in [0, 0.05) is 28.4 Å². The molecular weight excluding hydrogens is 573 g/mol. The van der Waals surface area contributed by atoms with Gasteiger partial charge >= 0.3 is 0 Å². The highest BCUT2D eigenvalue weighted by atomic mass is 15.1. The van der Waals surface area contributed by atoms with Gasteiger partial charge in [0.2, 0.25) is 0 Å². The first-order valence-corrected chi connectivity index (χ1v) is 15.9. The van der Waals surface area contributed by atoms with E-state index in [9.17, 15) is 0 Å². The van der Waals surface area contributed by atoms with Crippen molar-refractivity contribution >= 4 is 23.8 Å². The number of benzene rings is 4. The van der Waals surface area contributed by atoms with Crippen molar-refractivity contribution in [2.24, 2.45) is 20.6 Å². The number of rotatable bonds is 4. The van der Waals surface area contributed by atoms with Gasteiger partial charge in [0.05, 0.1) is 17.1 Å². The van der Waals surface area contributed by atoms with Gasteiger partial charge < -0.3 is 4.57 Å². The molecule has 0 saturated carbocycles. The highest BCUT2D eigenvalue weighted by Crippen LogP contribution is 2.32. The molecule has 47 heavy (non-hydrogen) atoms. The fourth-order valence-corrected chi connectivity index (χ4v) is 3.89. The molecule has 1 aromatic heterocycles. The first-order valence-electron chi connectivity index (χ1n) is 15.9. The molecule has 244 valence electrons. The van der Waals surface area contributed by atoms with Gasteiger partial charge in [0.15, 0.2) is 0 Å². The first-order chi connectivity index (χ1) is 22.1. The van der Waals surface area contributed by atoms with Crippen LogP contribution in [-0.2, 0) is 10.8 Å². The lowest BCUT2D eigenvalue weighted by atomic mass is 9.86. The van der Waals surface area contributed by atoms with E-state index < -0.39 is 0 Å². The molecule has 0 fully saturated rings. The summed E-state index contributed by atoms with van der Waals surface area (Å²) in [6.45, 7) is 23.0. The van der Waals surface area contributed by atoms with E-state index in [1.165, 1.54) is 16.9 Å². The van der Waals surface area contributed by atoms with Crippen LogP contribution < -0.4 is 0 Å². The van der Waals surface area contributed by atoms with Crippen LogP contribution in [0.1, 0.15) is 73.6 Å². The molecule has 5 rings (SSSR count). The third kappa shape index (κ3) is 14.8. The second-order valence-electron chi connectivity index (χ2n) is 14.1. The largest absolute Gasteiger partial charge is 0.320 e. The lowest BCUT2D eigenvalue weighted by molar-refractivity contribution is 0.556. The van der Waals surface area contributed by atoms with E-state index in [0.29, 0.717) is 0 Å². The van der Waals surface area contributed by atoms with Crippen molar-refractivity contribution in [3.05, 3.63) is 145 Å². The summed E-state index contributed by atoms with van der Waals surface area (Å²) in [5, 5.41) is 8.20. The predicted molar refractivity (Wildman–Crippen MR) is 204 cm³/mol. The smallest absolute Gasteiger partial charge is 0.0857 e. The van der Waals surface area contributed by atoms with Crippen LogP contribution in [0.3, 0.4) is 0 Å². The molecule has 0 radical (unpaired) electrons. The van der Waals surface area contributed by atoms with E-state index in [2.05, 4.69) is 117 Å². The Morgan fingerprint density at radius 2 is 0.915 bits per heavy atom. The molecule has 0 amide bonds. The summed E-state index contributed by atoms with van der Waals surface area (Å²) in [6.07, 6.45) is 7.34. The van der Waals surface area contributed by atoms with Crippen molar-refractivity contribution in [1.82, 2.24) is 4.57 Å². The zero-order valence-electron chi connectivity index (χ0n) is 29.8. The molecule has 1 heterocycles. The highest BCUT2D eigenvalue weighted by Gasteiger charge is 2.24. The normalized spacial score (nSPS) is 11.1.